The van der Waals surface area contributed by atoms with Crippen molar-refractivity contribution in [3.05, 3.63) is 34.9 Å². The maximum Gasteiger partial charge on any atom is 0.338 e. The third-order valence-electron chi connectivity index (χ3n) is 5.64. The fraction of sp³-hybridized carbons (Fsp3) is 0.500. The first-order valence-corrected chi connectivity index (χ1v) is 8.25. The summed E-state index contributed by atoms with van der Waals surface area (Å²) in [5.74, 6) is 1.04. The minimum atomic E-state index is -0.316. The summed E-state index contributed by atoms with van der Waals surface area (Å²) in [4.78, 5) is 14.9. The fourth-order valence-electron chi connectivity index (χ4n) is 4.54. The SMILES string of the molecule is CO[C@@H]1C=C2CCN(C)[C@@H]2C2c3cc4c(cc3C(=O)O[C@H]21)OCO4. The van der Waals surface area contributed by atoms with E-state index in [2.05, 4.69) is 18.0 Å². The van der Waals surface area contributed by atoms with Crippen molar-refractivity contribution in [2.24, 2.45) is 0 Å². The van der Waals surface area contributed by atoms with Gasteiger partial charge in [-0.15, -0.1) is 0 Å². The summed E-state index contributed by atoms with van der Waals surface area (Å²) in [6, 6.07) is 3.94. The number of rotatable bonds is 1. The van der Waals surface area contributed by atoms with Gasteiger partial charge >= 0.3 is 5.97 Å². The summed E-state index contributed by atoms with van der Waals surface area (Å²) in [6.45, 7) is 1.19. The highest BCUT2D eigenvalue weighted by molar-refractivity contribution is 5.94. The Morgan fingerprint density at radius 3 is 2.83 bits per heavy atom. The summed E-state index contributed by atoms with van der Waals surface area (Å²) in [5.41, 5.74) is 2.93. The lowest BCUT2D eigenvalue weighted by molar-refractivity contribution is -0.0468. The zero-order valence-corrected chi connectivity index (χ0v) is 13.7. The number of nitrogens with zero attached hydrogens (tertiary/aromatic N) is 1. The van der Waals surface area contributed by atoms with Crippen LogP contribution in [0.5, 0.6) is 11.5 Å². The van der Waals surface area contributed by atoms with Crippen LogP contribution in [0, 0.1) is 0 Å². The summed E-state index contributed by atoms with van der Waals surface area (Å²) >= 11 is 0. The Hall–Kier alpha value is -2.05. The van der Waals surface area contributed by atoms with Gasteiger partial charge in [-0.2, -0.15) is 0 Å². The Morgan fingerprint density at radius 1 is 1.25 bits per heavy atom. The van der Waals surface area contributed by atoms with E-state index in [1.165, 1.54) is 5.57 Å². The number of likely N-dealkylation sites (N-methyl/N-ethyl adjacent to an activating group) is 1. The minimum Gasteiger partial charge on any atom is -0.455 e. The van der Waals surface area contributed by atoms with Crippen LogP contribution in [0.15, 0.2) is 23.8 Å². The molecule has 0 spiro atoms. The molecule has 1 aromatic carbocycles. The summed E-state index contributed by atoms with van der Waals surface area (Å²) in [7, 11) is 3.79. The summed E-state index contributed by atoms with van der Waals surface area (Å²) < 4.78 is 22.4. The highest BCUT2D eigenvalue weighted by Gasteiger charge is 2.51. The Bertz CT molecular complexity index is 758. The van der Waals surface area contributed by atoms with Crippen LogP contribution in [-0.2, 0) is 9.47 Å². The van der Waals surface area contributed by atoms with E-state index in [1.807, 2.05) is 6.07 Å². The maximum absolute atomic E-state index is 12.6. The van der Waals surface area contributed by atoms with Crippen molar-refractivity contribution in [2.45, 2.75) is 30.6 Å². The fourth-order valence-corrected chi connectivity index (χ4v) is 4.54. The number of benzene rings is 1. The number of carbonyl (C=O) groups is 1. The van der Waals surface area contributed by atoms with E-state index in [1.54, 1.807) is 13.2 Å². The number of esters is 1. The Balaban J connectivity index is 1.70. The standard InChI is InChI=1S/C18H19NO5/c1-19-4-3-9-5-14(21-2)17-15(16(9)19)10-6-12-13(23-8-22-12)7-11(10)18(20)24-17/h5-7,14-17H,3-4,8H2,1-2H3/t14-,15?,16+,17+/m1/s1. The average Bonchev–Trinajstić information content (AvgIpc) is 3.19. The molecule has 0 N–H and O–H groups in total. The van der Waals surface area contributed by atoms with Gasteiger partial charge in [0.15, 0.2) is 11.5 Å². The van der Waals surface area contributed by atoms with Crippen molar-refractivity contribution in [3.63, 3.8) is 0 Å². The van der Waals surface area contributed by atoms with Crippen LogP contribution in [0.25, 0.3) is 0 Å². The van der Waals surface area contributed by atoms with Crippen molar-refractivity contribution in [2.75, 3.05) is 27.5 Å². The highest BCUT2D eigenvalue weighted by Crippen LogP contribution is 2.49. The number of likely N-dealkylation sites (tertiary alicyclic amines) is 1. The third kappa shape index (κ3) is 1.81. The van der Waals surface area contributed by atoms with Gasteiger partial charge in [0.25, 0.3) is 0 Å². The first-order valence-electron chi connectivity index (χ1n) is 8.25. The molecule has 6 nitrogen and oxygen atoms in total. The molecule has 1 aliphatic carbocycles. The minimum absolute atomic E-state index is 0.0460. The van der Waals surface area contributed by atoms with E-state index < -0.39 is 0 Å². The topological polar surface area (TPSA) is 57.2 Å². The largest absolute Gasteiger partial charge is 0.455 e. The molecule has 1 fully saturated rings. The molecule has 1 saturated heterocycles. The van der Waals surface area contributed by atoms with Crippen molar-refractivity contribution < 1.29 is 23.7 Å². The number of methoxy groups -OCH3 is 1. The van der Waals surface area contributed by atoms with Crippen LogP contribution in [0.2, 0.25) is 0 Å². The predicted octanol–water partition coefficient (Wildman–Crippen LogP) is 1.70. The zero-order valence-electron chi connectivity index (χ0n) is 13.7. The molecule has 0 bridgehead atoms. The smallest absolute Gasteiger partial charge is 0.338 e. The van der Waals surface area contributed by atoms with E-state index in [0.717, 1.165) is 18.5 Å². The van der Waals surface area contributed by atoms with E-state index in [0.29, 0.717) is 17.1 Å². The molecule has 0 radical (unpaired) electrons. The van der Waals surface area contributed by atoms with E-state index >= 15 is 0 Å². The van der Waals surface area contributed by atoms with E-state index in [-0.39, 0.29) is 36.9 Å². The van der Waals surface area contributed by atoms with Crippen molar-refractivity contribution in [1.82, 2.24) is 4.90 Å². The van der Waals surface area contributed by atoms with Crippen LogP contribution in [0.1, 0.15) is 28.3 Å². The number of hydrogen-bond acceptors (Lipinski definition) is 6. The second kappa shape index (κ2) is 4.97. The number of carbonyl (C=O) groups excluding carboxylic acids is 1. The van der Waals surface area contributed by atoms with Gasteiger partial charge in [-0.25, -0.2) is 4.79 Å². The molecule has 1 unspecified atom stereocenters. The number of hydrogen-bond donors (Lipinski definition) is 0. The van der Waals surface area contributed by atoms with Crippen LogP contribution in [0.4, 0.5) is 0 Å². The van der Waals surface area contributed by atoms with Gasteiger partial charge in [0, 0.05) is 25.6 Å². The molecular formula is C18H19NO5. The lowest BCUT2D eigenvalue weighted by Gasteiger charge is -2.44. The van der Waals surface area contributed by atoms with Crippen molar-refractivity contribution >= 4 is 5.97 Å². The summed E-state index contributed by atoms with van der Waals surface area (Å²) in [5, 5.41) is 0. The highest BCUT2D eigenvalue weighted by atomic mass is 16.7. The summed E-state index contributed by atoms with van der Waals surface area (Å²) in [6.07, 6.45) is 2.64. The van der Waals surface area contributed by atoms with Gasteiger partial charge in [-0.1, -0.05) is 11.6 Å². The van der Waals surface area contributed by atoms with Crippen LogP contribution < -0.4 is 9.47 Å². The third-order valence-corrected chi connectivity index (χ3v) is 5.64. The van der Waals surface area contributed by atoms with Crippen LogP contribution in [-0.4, -0.2) is 56.6 Å². The molecule has 0 aromatic heterocycles. The average molecular weight is 329 g/mol. The lowest BCUT2D eigenvalue weighted by Crippen LogP contribution is -2.51. The van der Waals surface area contributed by atoms with Crippen molar-refractivity contribution in [1.29, 1.82) is 0 Å². The molecule has 3 aliphatic heterocycles. The van der Waals surface area contributed by atoms with Crippen LogP contribution >= 0.6 is 0 Å². The van der Waals surface area contributed by atoms with E-state index in [4.69, 9.17) is 18.9 Å². The monoisotopic (exact) mass is 329 g/mol. The Morgan fingerprint density at radius 2 is 2.04 bits per heavy atom. The zero-order chi connectivity index (χ0) is 16.4. The normalized spacial score (nSPS) is 33.4. The molecule has 3 heterocycles. The number of fused-ring (bicyclic) bond motifs is 6. The van der Waals surface area contributed by atoms with Crippen molar-refractivity contribution in [3.8, 4) is 11.5 Å². The van der Waals surface area contributed by atoms with Crippen LogP contribution in [0.3, 0.4) is 0 Å². The van der Waals surface area contributed by atoms with Gasteiger partial charge in [0.05, 0.1) is 5.56 Å². The Kier molecular flexibility index (Phi) is 2.96. The van der Waals surface area contributed by atoms with Gasteiger partial charge in [-0.3, -0.25) is 4.90 Å². The van der Waals surface area contributed by atoms with Gasteiger partial charge in [-0.05, 0) is 31.2 Å². The maximum atomic E-state index is 12.6. The molecular weight excluding hydrogens is 310 g/mol. The molecule has 4 aliphatic rings. The molecule has 126 valence electrons. The second-order valence-electron chi connectivity index (χ2n) is 6.81. The van der Waals surface area contributed by atoms with Gasteiger partial charge in [0.1, 0.15) is 12.2 Å². The molecule has 0 saturated carbocycles. The lowest BCUT2D eigenvalue weighted by atomic mass is 9.73. The molecule has 1 aromatic rings. The first kappa shape index (κ1) is 14.3. The quantitative estimate of drug-likeness (QED) is 0.577. The predicted molar refractivity (Wildman–Crippen MR) is 84.4 cm³/mol. The second-order valence-corrected chi connectivity index (χ2v) is 6.81. The molecule has 24 heavy (non-hydrogen) atoms. The molecule has 0 amide bonds. The first-order chi connectivity index (χ1) is 11.7. The Labute approximate surface area is 139 Å². The molecule has 4 atom stereocenters. The van der Waals surface area contributed by atoms with Gasteiger partial charge < -0.3 is 18.9 Å². The molecule has 5 rings (SSSR count). The number of ether oxygens (including phenoxy) is 4. The van der Waals surface area contributed by atoms with E-state index in [9.17, 15) is 4.79 Å². The molecule has 6 heteroatoms. The van der Waals surface area contributed by atoms with Gasteiger partial charge in [0.2, 0.25) is 6.79 Å².